The molecule has 4 nitrogen and oxygen atoms in total. The minimum absolute atomic E-state index is 0.166. The Morgan fingerprint density at radius 2 is 1.92 bits per heavy atom. The number of halogens is 3. The highest BCUT2D eigenvalue weighted by Crippen LogP contribution is 2.34. The van der Waals surface area contributed by atoms with Crippen molar-refractivity contribution in [1.82, 2.24) is 5.32 Å². The number of anilines is 1. The van der Waals surface area contributed by atoms with Gasteiger partial charge in [0.05, 0.1) is 24.3 Å². The molecule has 1 saturated heterocycles. The van der Waals surface area contributed by atoms with E-state index < -0.39 is 17.6 Å². The van der Waals surface area contributed by atoms with Gasteiger partial charge in [0.25, 0.3) is 5.91 Å². The molecule has 0 unspecified atom stereocenters. The molecule has 25 heavy (non-hydrogen) atoms. The lowest BCUT2D eigenvalue weighted by Gasteiger charge is -2.30. The maximum atomic E-state index is 12.9. The van der Waals surface area contributed by atoms with E-state index in [-0.39, 0.29) is 12.1 Å². The zero-order valence-electron chi connectivity index (χ0n) is 13.3. The molecule has 1 fully saturated rings. The van der Waals surface area contributed by atoms with E-state index in [0.29, 0.717) is 13.2 Å². The summed E-state index contributed by atoms with van der Waals surface area (Å²) < 4.78 is 44.1. The lowest BCUT2D eigenvalue weighted by Crippen LogP contribution is -2.37. The second kappa shape index (κ2) is 7.45. The second-order valence-corrected chi connectivity index (χ2v) is 6.35. The molecule has 1 N–H and O–H groups in total. The smallest absolute Gasteiger partial charge is 0.378 e. The molecule has 1 aromatic heterocycles. The summed E-state index contributed by atoms with van der Waals surface area (Å²) in [5, 5.41) is 4.79. The van der Waals surface area contributed by atoms with Crippen LogP contribution in [-0.4, -0.2) is 32.2 Å². The largest absolute Gasteiger partial charge is 0.417 e. The average Bonchev–Trinajstić information content (AvgIpc) is 3.11. The third-order valence-electron chi connectivity index (χ3n) is 3.99. The predicted molar refractivity (Wildman–Crippen MR) is 90.0 cm³/mol. The highest BCUT2D eigenvalue weighted by Gasteiger charge is 2.36. The first-order valence-electron chi connectivity index (χ1n) is 7.79. The van der Waals surface area contributed by atoms with Crippen molar-refractivity contribution in [1.29, 1.82) is 0 Å². The topological polar surface area (TPSA) is 41.6 Å². The number of alkyl halides is 3. The number of thiophene rings is 1. The Kier molecular flexibility index (Phi) is 5.29. The first kappa shape index (κ1) is 17.8. The third kappa shape index (κ3) is 4.13. The molecule has 3 rings (SSSR count). The Morgan fingerprint density at radius 3 is 2.64 bits per heavy atom. The molecule has 0 aliphatic carbocycles. The number of benzene rings is 1. The van der Waals surface area contributed by atoms with Gasteiger partial charge in [0.2, 0.25) is 0 Å². The van der Waals surface area contributed by atoms with Crippen LogP contribution in [0.5, 0.6) is 0 Å². The van der Waals surface area contributed by atoms with Gasteiger partial charge in [-0.05, 0) is 11.6 Å². The van der Waals surface area contributed by atoms with Crippen molar-refractivity contribution in [3.8, 4) is 0 Å². The van der Waals surface area contributed by atoms with Gasteiger partial charge in [-0.15, -0.1) is 0 Å². The summed E-state index contributed by atoms with van der Waals surface area (Å²) in [5.74, 6) is -0.717. The number of carbonyl (C=O) groups is 1. The third-order valence-corrected chi connectivity index (χ3v) is 4.74. The highest BCUT2D eigenvalue weighted by molar-refractivity contribution is 7.08. The fourth-order valence-corrected chi connectivity index (χ4v) is 3.57. The molecule has 8 heteroatoms. The van der Waals surface area contributed by atoms with Crippen LogP contribution in [0.3, 0.4) is 0 Å². The molecule has 1 amide bonds. The number of para-hydroxylation sites is 1. The normalized spacial score (nSPS) is 15.2. The van der Waals surface area contributed by atoms with E-state index in [2.05, 4.69) is 10.2 Å². The van der Waals surface area contributed by atoms with Crippen molar-refractivity contribution in [2.75, 3.05) is 31.2 Å². The van der Waals surface area contributed by atoms with Gasteiger partial charge < -0.3 is 15.0 Å². The van der Waals surface area contributed by atoms with Gasteiger partial charge in [0.1, 0.15) is 0 Å². The van der Waals surface area contributed by atoms with Gasteiger partial charge in [-0.2, -0.15) is 24.5 Å². The van der Waals surface area contributed by atoms with E-state index in [1.807, 2.05) is 24.3 Å². The average molecular weight is 370 g/mol. The molecule has 0 atom stereocenters. The summed E-state index contributed by atoms with van der Waals surface area (Å²) in [4.78, 5) is 14.3. The number of morpholine rings is 1. The van der Waals surface area contributed by atoms with Gasteiger partial charge in [-0.25, -0.2) is 0 Å². The number of amides is 1. The highest BCUT2D eigenvalue weighted by atomic mass is 32.1. The summed E-state index contributed by atoms with van der Waals surface area (Å²) in [6.45, 7) is 2.91. The molecule has 2 heterocycles. The van der Waals surface area contributed by atoms with Gasteiger partial charge >= 0.3 is 6.18 Å². The van der Waals surface area contributed by atoms with E-state index in [1.165, 1.54) is 5.38 Å². The van der Waals surface area contributed by atoms with Gasteiger partial charge in [0, 0.05) is 36.1 Å². The molecule has 1 aliphatic heterocycles. The molecule has 134 valence electrons. The van der Waals surface area contributed by atoms with E-state index in [1.54, 1.807) is 0 Å². The fraction of sp³-hybridized carbons (Fsp3) is 0.353. The fourth-order valence-electron chi connectivity index (χ4n) is 2.74. The van der Waals surface area contributed by atoms with Crippen LogP contribution in [0.25, 0.3) is 0 Å². The number of carbonyl (C=O) groups excluding carboxylic acids is 1. The Balaban J connectivity index is 1.72. The molecule has 0 saturated carbocycles. The molecular formula is C17H17F3N2O2S. The summed E-state index contributed by atoms with van der Waals surface area (Å²) in [6.07, 6.45) is -4.53. The number of rotatable bonds is 4. The van der Waals surface area contributed by atoms with Crippen molar-refractivity contribution in [2.45, 2.75) is 12.7 Å². The van der Waals surface area contributed by atoms with Crippen molar-refractivity contribution in [3.63, 3.8) is 0 Å². The zero-order valence-corrected chi connectivity index (χ0v) is 14.1. The summed E-state index contributed by atoms with van der Waals surface area (Å²) in [7, 11) is 0. The van der Waals surface area contributed by atoms with Crippen LogP contribution in [-0.2, 0) is 17.5 Å². The monoisotopic (exact) mass is 370 g/mol. The zero-order chi connectivity index (χ0) is 17.9. The minimum atomic E-state index is -4.53. The Bertz CT molecular complexity index is 739. The van der Waals surface area contributed by atoms with Crippen LogP contribution < -0.4 is 10.2 Å². The van der Waals surface area contributed by atoms with Gasteiger partial charge in [-0.3, -0.25) is 4.79 Å². The molecule has 0 bridgehead atoms. The van der Waals surface area contributed by atoms with Crippen LogP contribution >= 0.6 is 11.3 Å². The second-order valence-electron chi connectivity index (χ2n) is 5.61. The van der Waals surface area contributed by atoms with E-state index in [0.717, 1.165) is 41.1 Å². The van der Waals surface area contributed by atoms with Crippen LogP contribution in [0.1, 0.15) is 21.5 Å². The summed E-state index contributed by atoms with van der Waals surface area (Å²) in [6, 6.07) is 7.55. The maximum absolute atomic E-state index is 12.9. The maximum Gasteiger partial charge on any atom is 0.417 e. The molecule has 2 aromatic rings. The lowest BCUT2D eigenvalue weighted by molar-refractivity contribution is -0.137. The van der Waals surface area contributed by atoms with E-state index >= 15 is 0 Å². The van der Waals surface area contributed by atoms with Crippen molar-refractivity contribution < 1.29 is 22.7 Å². The van der Waals surface area contributed by atoms with Crippen LogP contribution in [0.4, 0.5) is 18.9 Å². The standard InChI is InChI=1S/C17H17F3N2O2S/c18-17(19,20)14-11-25-10-13(14)16(23)21-9-12-3-1-2-4-15(12)22-5-7-24-8-6-22/h1-4,10-11H,5-9H2,(H,21,23). The number of nitrogens with one attached hydrogen (secondary N) is 1. The SMILES string of the molecule is O=C(NCc1ccccc1N1CCOCC1)c1cscc1C(F)(F)F. The van der Waals surface area contributed by atoms with Gasteiger partial charge in [-0.1, -0.05) is 18.2 Å². The summed E-state index contributed by atoms with van der Waals surface area (Å²) >= 11 is 0.866. The van der Waals surface area contributed by atoms with E-state index in [9.17, 15) is 18.0 Å². The van der Waals surface area contributed by atoms with Gasteiger partial charge in [0.15, 0.2) is 0 Å². The van der Waals surface area contributed by atoms with Crippen LogP contribution in [0.15, 0.2) is 35.0 Å². The number of hydrogen-bond acceptors (Lipinski definition) is 4. The van der Waals surface area contributed by atoms with Crippen molar-refractivity contribution in [2.24, 2.45) is 0 Å². The van der Waals surface area contributed by atoms with Crippen molar-refractivity contribution >= 4 is 22.9 Å². The first-order valence-corrected chi connectivity index (χ1v) is 8.73. The lowest BCUT2D eigenvalue weighted by atomic mass is 10.1. The number of ether oxygens (including phenoxy) is 1. The van der Waals surface area contributed by atoms with Crippen LogP contribution in [0, 0.1) is 0 Å². The quantitative estimate of drug-likeness (QED) is 0.895. The molecule has 1 aromatic carbocycles. The Hall–Kier alpha value is -2.06. The predicted octanol–water partition coefficient (Wildman–Crippen LogP) is 3.53. The molecular weight excluding hydrogens is 353 g/mol. The summed E-state index contributed by atoms with van der Waals surface area (Å²) in [5.41, 5.74) is 0.604. The molecule has 0 radical (unpaired) electrons. The Labute approximate surface area is 147 Å². The molecule has 1 aliphatic rings. The first-order chi connectivity index (χ1) is 12.0. The number of hydrogen-bond donors (Lipinski definition) is 1. The van der Waals surface area contributed by atoms with Crippen molar-refractivity contribution in [3.05, 3.63) is 51.7 Å². The molecule has 0 spiro atoms. The van der Waals surface area contributed by atoms with E-state index in [4.69, 9.17) is 4.74 Å². The Morgan fingerprint density at radius 1 is 1.20 bits per heavy atom. The van der Waals surface area contributed by atoms with Crippen LogP contribution in [0.2, 0.25) is 0 Å². The minimum Gasteiger partial charge on any atom is -0.378 e. The number of nitrogens with zero attached hydrogens (tertiary/aromatic N) is 1.